The predicted octanol–water partition coefficient (Wildman–Crippen LogP) is 1.94. The number of amides is 1. The van der Waals surface area contributed by atoms with Crippen molar-refractivity contribution in [2.45, 2.75) is 12.1 Å². The van der Waals surface area contributed by atoms with Crippen LogP contribution in [0.5, 0.6) is 0 Å². The molecule has 8 nitrogen and oxygen atoms in total. The lowest BCUT2D eigenvalue weighted by Gasteiger charge is -2.37. The van der Waals surface area contributed by atoms with E-state index in [1.807, 2.05) is 22.0 Å². The average molecular weight is 375 g/mol. The smallest absolute Gasteiger partial charge is 0.252 e. The summed E-state index contributed by atoms with van der Waals surface area (Å²) in [6.07, 6.45) is 3.48. The van der Waals surface area contributed by atoms with E-state index in [9.17, 15) is 4.79 Å². The van der Waals surface area contributed by atoms with Crippen molar-refractivity contribution < 1.29 is 4.79 Å². The number of hydrogen-bond donors (Lipinski definition) is 0. The SMILES string of the molecule is C=C1CN2N=N[C@@H](C(=O)N3CCN(c4ncccn4)CC3)[C@@H]2c2ccccc21. The molecule has 2 atom stereocenters. The zero-order valence-corrected chi connectivity index (χ0v) is 15.5. The highest BCUT2D eigenvalue weighted by atomic mass is 16.2. The van der Waals surface area contributed by atoms with E-state index in [-0.39, 0.29) is 11.9 Å². The lowest BCUT2D eigenvalue weighted by molar-refractivity contribution is -0.133. The van der Waals surface area contributed by atoms with Gasteiger partial charge in [0.15, 0.2) is 6.04 Å². The molecule has 4 heterocycles. The van der Waals surface area contributed by atoms with Crippen molar-refractivity contribution in [3.05, 3.63) is 60.4 Å². The lowest BCUT2D eigenvalue weighted by atomic mass is 9.87. The fourth-order valence-electron chi connectivity index (χ4n) is 4.17. The minimum absolute atomic E-state index is 0.0344. The van der Waals surface area contributed by atoms with Crippen molar-refractivity contribution >= 4 is 17.4 Å². The second-order valence-corrected chi connectivity index (χ2v) is 7.24. The largest absolute Gasteiger partial charge is 0.337 e. The number of aromatic nitrogens is 2. The van der Waals surface area contributed by atoms with Crippen LogP contribution in [0.3, 0.4) is 0 Å². The van der Waals surface area contributed by atoms with Crippen LogP contribution in [-0.2, 0) is 4.79 Å². The van der Waals surface area contributed by atoms with Crippen LogP contribution in [0.2, 0.25) is 0 Å². The molecule has 0 spiro atoms. The Balaban J connectivity index is 1.32. The van der Waals surface area contributed by atoms with Crippen molar-refractivity contribution in [3.63, 3.8) is 0 Å². The highest BCUT2D eigenvalue weighted by Crippen LogP contribution is 2.41. The van der Waals surface area contributed by atoms with Crippen LogP contribution in [-0.4, -0.2) is 64.5 Å². The zero-order chi connectivity index (χ0) is 19.1. The molecule has 0 saturated carbocycles. The first-order valence-corrected chi connectivity index (χ1v) is 9.47. The van der Waals surface area contributed by atoms with E-state index in [0.29, 0.717) is 38.7 Å². The van der Waals surface area contributed by atoms with Crippen molar-refractivity contribution in [2.75, 3.05) is 37.6 Å². The minimum atomic E-state index is -0.506. The van der Waals surface area contributed by atoms with Gasteiger partial charge in [-0.2, -0.15) is 5.11 Å². The molecule has 3 aliphatic heterocycles. The van der Waals surface area contributed by atoms with Gasteiger partial charge in [-0.3, -0.25) is 9.80 Å². The van der Waals surface area contributed by atoms with Crippen LogP contribution in [0.4, 0.5) is 5.95 Å². The number of anilines is 1. The summed E-state index contributed by atoms with van der Waals surface area (Å²) in [5, 5.41) is 10.5. The van der Waals surface area contributed by atoms with E-state index in [4.69, 9.17) is 0 Å². The summed E-state index contributed by atoms with van der Waals surface area (Å²) in [6.45, 7) is 7.44. The van der Waals surface area contributed by atoms with Gasteiger partial charge < -0.3 is 9.80 Å². The predicted molar refractivity (Wildman–Crippen MR) is 104 cm³/mol. The van der Waals surface area contributed by atoms with Crippen LogP contribution >= 0.6 is 0 Å². The van der Waals surface area contributed by atoms with E-state index in [0.717, 1.165) is 16.7 Å². The quantitative estimate of drug-likeness (QED) is 0.802. The molecule has 0 N–H and O–H groups in total. The third kappa shape index (κ3) is 2.72. The maximum Gasteiger partial charge on any atom is 0.252 e. The number of hydrogen-bond acceptors (Lipinski definition) is 7. The Morgan fingerprint density at radius 3 is 2.57 bits per heavy atom. The fraction of sp³-hybridized carbons (Fsp3) is 0.350. The van der Waals surface area contributed by atoms with E-state index in [1.165, 1.54) is 0 Å². The molecule has 0 radical (unpaired) electrons. The Morgan fingerprint density at radius 1 is 1.04 bits per heavy atom. The maximum atomic E-state index is 13.3. The summed E-state index contributed by atoms with van der Waals surface area (Å²) in [7, 11) is 0. The molecule has 1 saturated heterocycles. The minimum Gasteiger partial charge on any atom is -0.337 e. The lowest BCUT2D eigenvalue weighted by Crippen LogP contribution is -2.53. The number of rotatable bonds is 2. The van der Waals surface area contributed by atoms with Gasteiger partial charge in [-0.25, -0.2) is 9.97 Å². The molecule has 142 valence electrons. The van der Waals surface area contributed by atoms with Crippen LogP contribution in [0.1, 0.15) is 17.2 Å². The third-order valence-corrected chi connectivity index (χ3v) is 5.60. The molecule has 0 bridgehead atoms. The molecule has 28 heavy (non-hydrogen) atoms. The molecule has 1 amide bonds. The molecule has 0 unspecified atom stereocenters. The number of benzene rings is 1. The van der Waals surface area contributed by atoms with Crippen molar-refractivity contribution in [1.82, 2.24) is 19.9 Å². The molecule has 1 fully saturated rings. The van der Waals surface area contributed by atoms with Gasteiger partial charge in [0.05, 0.1) is 6.54 Å². The number of nitrogens with zero attached hydrogens (tertiary/aromatic N) is 7. The van der Waals surface area contributed by atoms with Gasteiger partial charge in [-0.05, 0) is 22.8 Å². The van der Waals surface area contributed by atoms with Crippen LogP contribution in [0.25, 0.3) is 5.57 Å². The van der Waals surface area contributed by atoms with Crippen LogP contribution < -0.4 is 4.90 Å². The summed E-state index contributed by atoms with van der Waals surface area (Å²) in [5.74, 6) is 0.744. The zero-order valence-electron chi connectivity index (χ0n) is 15.5. The molecule has 5 rings (SSSR count). The number of carbonyl (C=O) groups is 1. The molecule has 1 aromatic heterocycles. The Bertz CT molecular complexity index is 937. The van der Waals surface area contributed by atoms with Gasteiger partial charge in [0, 0.05) is 38.6 Å². The highest BCUT2D eigenvalue weighted by Gasteiger charge is 2.44. The number of piperazine rings is 1. The Kier molecular flexibility index (Phi) is 4.03. The van der Waals surface area contributed by atoms with Crippen molar-refractivity contribution in [1.29, 1.82) is 0 Å². The average Bonchev–Trinajstić information content (AvgIpc) is 3.18. The maximum absolute atomic E-state index is 13.3. The summed E-state index contributed by atoms with van der Waals surface area (Å²) < 4.78 is 0. The van der Waals surface area contributed by atoms with E-state index >= 15 is 0 Å². The molecular formula is C20H21N7O. The summed E-state index contributed by atoms with van der Waals surface area (Å²) in [4.78, 5) is 25.9. The van der Waals surface area contributed by atoms with Gasteiger partial charge in [0.25, 0.3) is 5.91 Å². The highest BCUT2D eigenvalue weighted by molar-refractivity contribution is 5.85. The van der Waals surface area contributed by atoms with Crippen molar-refractivity contribution in [3.8, 4) is 0 Å². The first-order valence-electron chi connectivity index (χ1n) is 9.47. The van der Waals surface area contributed by atoms with E-state index in [1.54, 1.807) is 18.5 Å². The van der Waals surface area contributed by atoms with Gasteiger partial charge in [0.2, 0.25) is 5.95 Å². The number of fused-ring (bicyclic) bond motifs is 3. The van der Waals surface area contributed by atoms with Gasteiger partial charge in [-0.1, -0.05) is 36.1 Å². The standard InChI is InChI=1S/C20H21N7O/c1-14-13-27-18(16-6-3-2-5-15(14)16)17(23-24-27)19(28)25-9-11-26(12-10-25)20-21-7-4-8-22-20/h2-8,17-18H,1,9-13H2/t17-,18+/m1/s1. The van der Waals surface area contributed by atoms with Gasteiger partial charge in [-0.15, -0.1) is 0 Å². The number of carbonyl (C=O) groups excluding carboxylic acids is 1. The van der Waals surface area contributed by atoms with E-state index < -0.39 is 6.04 Å². The van der Waals surface area contributed by atoms with Crippen molar-refractivity contribution in [2.24, 2.45) is 10.3 Å². The third-order valence-electron chi connectivity index (χ3n) is 5.60. The molecular weight excluding hydrogens is 354 g/mol. The van der Waals surface area contributed by atoms with Crippen LogP contribution in [0.15, 0.2) is 59.6 Å². The molecule has 8 heteroatoms. The van der Waals surface area contributed by atoms with Crippen LogP contribution in [0, 0.1) is 0 Å². The molecule has 1 aromatic carbocycles. The molecule has 2 aromatic rings. The summed E-state index contributed by atoms with van der Waals surface area (Å²) >= 11 is 0. The van der Waals surface area contributed by atoms with Gasteiger partial charge >= 0.3 is 0 Å². The second kappa shape index (κ2) is 6.70. The Hall–Kier alpha value is -3.29. The molecule has 0 aliphatic carbocycles. The fourth-order valence-corrected chi connectivity index (χ4v) is 4.17. The van der Waals surface area contributed by atoms with Gasteiger partial charge in [0.1, 0.15) is 6.04 Å². The Morgan fingerprint density at radius 2 is 1.79 bits per heavy atom. The summed E-state index contributed by atoms with van der Waals surface area (Å²) in [6, 6.07) is 9.26. The van der Waals surface area contributed by atoms with E-state index in [2.05, 4.69) is 43.9 Å². The molecule has 3 aliphatic rings. The first kappa shape index (κ1) is 16.9. The normalized spacial score (nSPS) is 23.6. The second-order valence-electron chi connectivity index (χ2n) is 7.24. The Labute approximate surface area is 163 Å². The topological polar surface area (TPSA) is 77.3 Å². The summed E-state index contributed by atoms with van der Waals surface area (Å²) in [5.41, 5.74) is 3.20. The first-order chi connectivity index (χ1) is 13.7. The monoisotopic (exact) mass is 375 g/mol.